The molecule has 0 aliphatic rings. The van der Waals surface area contributed by atoms with Crippen LogP contribution in [0.4, 0.5) is 22.7 Å². The monoisotopic (exact) mass is 1220 g/mol. The summed E-state index contributed by atoms with van der Waals surface area (Å²) in [5.74, 6) is 0. The summed E-state index contributed by atoms with van der Waals surface area (Å²) in [6.07, 6.45) is 0. The SMILES string of the molecule is Cl.Nc1cscc1S.Nc1cscc1S.Nc1cscc1SSc1cscc1N.O=N[O-].O=N[O-].O=S(=O)(O)O.[Na+].[Na+].c1scc2snnc12.c1scc2snnc12.c1scc2snnc12. The fourth-order valence-electron chi connectivity index (χ4n) is 3.00. The number of fused-ring (bicyclic) bond motifs is 3. The van der Waals surface area contributed by atoms with Gasteiger partial charge in [0.2, 0.25) is 0 Å². The van der Waals surface area contributed by atoms with Crippen LogP contribution >= 0.6 is 173 Å². The molecule has 10 rings (SSSR count). The van der Waals surface area contributed by atoms with Crippen LogP contribution in [-0.4, -0.2) is 46.3 Å². The molecule has 66 heavy (non-hydrogen) atoms. The Kier molecular flexibility index (Phi) is 39.2. The van der Waals surface area contributed by atoms with E-state index in [0.717, 1.165) is 69.6 Å². The fourth-order valence-corrected chi connectivity index (χ4v) is 13.5. The summed E-state index contributed by atoms with van der Waals surface area (Å²) in [5, 5.41) is 57.3. The summed E-state index contributed by atoms with van der Waals surface area (Å²) in [5.41, 5.74) is 28.6. The first kappa shape index (κ1) is 67.0. The predicted octanol–water partition coefficient (Wildman–Crippen LogP) is 6.55. The van der Waals surface area contributed by atoms with Gasteiger partial charge in [-0.15, -0.1) is 143 Å². The van der Waals surface area contributed by atoms with E-state index in [9.17, 15) is 0 Å². The summed E-state index contributed by atoms with van der Waals surface area (Å²) in [6.45, 7) is 0. The molecular weight excluding hydrogens is 1190 g/mol. The van der Waals surface area contributed by atoms with Gasteiger partial charge in [-0.05, 0) is 56.2 Å². The molecule has 0 saturated heterocycles. The van der Waals surface area contributed by atoms with Crippen molar-refractivity contribution in [3.05, 3.63) is 95.5 Å². The van der Waals surface area contributed by atoms with Crippen molar-refractivity contribution < 1.29 is 76.6 Å². The van der Waals surface area contributed by atoms with Gasteiger partial charge in [0, 0.05) is 85.1 Å². The van der Waals surface area contributed by atoms with Gasteiger partial charge in [0.05, 0.1) is 46.6 Å². The molecule has 10 aromatic heterocycles. The maximum absolute atomic E-state index is 8.74. The smallest absolute Gasteiger partial charge is 0.444 e. The van der Waals surface area contributed by atoms with Crippen molar-refractivity contribution >= 4 is 237 Å². The third-order valence-corrected chi connectivity index (χ3v) is 17.2. The second-order valence-corrected chi connectivity index (χ2v) is 21.4. The van der Waals surface area contributed by atoms with Gasteiger partial charge in [0.1, 0.15) is 16.6 Å². The number of rotatable bonds is 3. The number of anilines is 4. The average Bonchev–Trinajstić information content (AvgIpc) is 4.03. The standard InChI is InChI=1S/C8H8N2S4.3C4H2N2S2.2C4H5NS2.ClH.2HNO2.2Na.H2O4S/c9-5-1-11-3-7(5)13-14-8-4-12-2-6(8)10;3*1-3-4(2-7-1)8-6-5-3;2*5-3-1-7-2-4(3)6;;2*2-1-3;;;1-5(2,3)4/h1-4H,9-10H2;3*1-2H;2*1-2,6H,5H2;1H;2*(H,2,3);;;(H2,1,2,3,4)/q;;;;;;;;;2*+1;/p-2. The van der Waals surface area contributed by atoms with E-state index in [1.54, 1.807) is 101 Å². The quantitative estimate of drug-likeness (QED) is 0.0232. The molecule has 0 unspecified atom stereocenters. The van der Waals surface area contributed by atoms with Gasteiger partial charge in [0.25, 0.3) is 0 Å². The largest absolute Gasteiger partial charge is 1.00 e. The zero-order valence-corrected chi connectivity index (χ0v) is 50.1. The minimum atomic E-state index is -4.67. The third kappa shape index (κ3) is 28.6. The van der Waals surface area contributed by atoms with Crippen LogP contribution in [0.2, 0.25) is 0 Å². The number of nitrogens with two attached hydrogens (primary N) is 4. The van der Waals surface area contributed by atoms with E-state index in [1.165, 1.54) is 48.7 Å². The molecule has 10 heterocycles. The first-order valence-corrected chi connectivity index (χ1v) is 28.5. The van der Waals surface area contributed by atoms with Gasteiger partial charge in [-0.3, -0.25) is 9.11 Å². The molecule has 0 aliphatic heterocycles. The number of nitrogens with zero attached hydrogens (tertiary/aromatic N) is 8. The summed E-state index contributed by atoms with van der Waals surface area (Å²) in [7, 11) is -1.36. The molecular formula is C28H27ClN12Na2O8S15. The molecule has 0 aliphatic carbocycles. The van der Waals surface area contributed by atoms with Gasteiger partial charge in [-0.25, -0.2) is 0 Å². The molecule has 10 aromatic rings. The molecule has 0 fully saturated rings. The molecule has 0 radical (unpaired) electrons. The first-order chi connectivity index (χ1) is 30.1. The van der Waals surface area contributed by atoms with Crippen LogP contribution in [0.15, 0.2) is 106 Å². The van der Waals surface area contributed by atoms with Crippen molar-refractivity contribution in [3.63, 3.8) is 0 Å². The Labute approximate surface area is 484 Å². The topological polar surface area (TPSA) is 361 Å². The molecule has 0 aromatic carbocycles. The third-order valence-electron chi connectivity index (χ3n) is 5.56. The van der Waals surface area contributed by atoms with Crippen molar-refractivity contribution in [2.45, 2.75) is 19.6 Å². The molecule has 346 valence electrons. The van der Waals surface area contributed by atoms with Crippen LogP contribution in [0.3, 0.4) is 0 Å². The van der Waals surface area contributed by atoms with Crippen molar-refractivity contribution in [3.8, 4) is 0 Å². The second-order valence-electron chi connectivity index (χ2n) is 9.75. The summed E-state index contributed by atoms with van der Waals surface area (Å²) in [6, 6.07) is 0. The maximum Gasteiger partial charge on any atom is 1.00 e. The number of hydrogen-bond acceptors (Lipinski definition) is 32. The van der Waals surface area contributed by atoms with Crippen LogP contribution < -0.4 is 82.0 Å². The second kappa shape index (κ2) is 38.6. The van der Waals surface area contributed by atoms with E-state index in [0.29, 0.717) is 0 Å². The van der Waals surface area contributed by atoms with Gasteiger partial charge >= 0.3 is 69.5 Å². The van der Waals surface area contributed by atoms with E-state index in [-0.39, 0.29) is 71.5 Å². The molecule has 0 atom stereocenters. The maximum atomic E-state index is 8.74. The van der Waals surface area contributed by atoms with Crippen LogP contribution in [0.25, 0.3) is 30.6 Å². The predicted molar refractivity (Wildman–Crippen MR) is 287 cm³/mol. The number of halogens is 1. The first-order valence-electron chi connectivity index (χ1n) is 15.1. The van der Waals surface area contributed by atoms with E-state index in [1.807, 2.05) is 48.4 Å². The number of thiol groups is 2. The molecule has 0 saturated carbocycles. The Bertz CT molecular complexity index is 2440. The fraction of sp³-hybridized carbons (Fsp3) is 0. The number of hydrogen-bond donors (Lipinski definition) is 8. The summed E-state index contributed by atoms with van der Waals surface area (Å²) >= 11 is 23.8. The zero-order valence-electron chi connectivity index (χ0n) is 32.9. The van der Waals surface area contributed by atoms with Gasteiger partial charge in [0.15, 0.2) is 0 Å². The molecule has 20 nitrogen and oxygen atoms in total. The Morgan fingerprint density at radius 2 is 0.742 bits per heavy atom. The van der Waals surface area contributed by atoms with Crippen LogP contribution in [0.1, 0.15) is 0 Å². The Morgan fingerprint density at radius 3 is 0.924 bits per heavy atom. The van der Waals surface area contributed by atoms with Gasteiger partial charge < -0.3 is 43.2 Å². The van der Waals surface area contributed by atoms with Crippen molar-refractivity contribution in [2.75, 3.05) is 22.9 Å². The zero-order chi connectivity index (χ0) is 46.6. The van der Waals surface area contributed by atoms with Crippen LogP contribution in [-0.2, 0) is 10.4 Å². The number of aromatic nitrogens is 6. The van der Waals surface area contributed by atoms with Crippen molar-refractivity contribution in [1.29, 1.82) is 0 Å². The average molecular weight is 1220 g/mol. The summed E-state index contributed by atoms with van der Waals surface area (Å²) in [4.78, 5) is 20.0. The minimum Gasteiger partial charge on any atom is -0.444 e. The summed E-state index contributed by atoms with van der Waals surface area (Å²) < 4.78 is 46.4. The Balaban J connectivity index is 0. The molecule has 10 N–H and O–H groups in total. The molecule has 0 amide bonds. The Morgan fingerprint density at radius 1 is 0.500 bits per heavy atom. The minimum absolute atomic E-state index is 0. The number of nitrogen functional groups attached to an aromatic ring is 4. The van der Waals surface area contributed by atoms with Crippen molar-refractivity contribution in [2.24, 2.45) is 10.7 Å². The van der Waals surface area contributed by atoms with E-state index in [4.69, 9.17) is 60.7 Å². The molecule has 0 spiro atoms. The van der Waals surface area contributed by atoms with Gasteiger partial charge in [-0.2, -0.15) is 8.42 Å². The normalized spacial score (nSPS) is 9.27. The molecule has 38 heteroatoms. The molecule has 0 bridgehead atoms. The number of thiophene rings is 7. The van der Waals surface area contributed by atoms with Crippen molar-refractivity contribution in [1.82, 2.24) is 28.8 Å². The van der Waals surface area contributed by atoms with Crippen LogP contribution in [0.5, 0.6) is 0 Å². The van der Waals surface area contributed by atoms with E-state index in [2.05, 4.69) is 80.9 Å². The Hall–Kier alpha value is -1.08. The van der Waals surface area contributed by atoms with E-state index >= 15 is 0 Å². The van der Waals surface area contributed by atoms with E-state index < -0.39 is 10.4 Å². The van der Waals surface area contributed by atoms with Gasteiger partial charge in [-0.1, -0.05) is 13.5 Å². The van der Waals surface area contributed by atoms with Crippen LogP contribution in [0, 0.1) is 20.2 Å².